The number of imidazole rings is 1. The first-order valence-corrected chi connectivity index (χ1v) is 16.7. The molecular formula is C45H41N3. The van der Waals surface area contributed by atoms with Crippen LogP contribution in [0.4, 0.5) is 5.69 Å². The van der Waals surface area contributed by atoms with E-state index < -0.39 is 0 Å². The second-order valence-corrected chi connectivity index (χ2v) is 13.3. The fourth-order valence-corrected chi connectivity index (χ4v) is 6.85. The van der Waals surface area contributed by atoms with E-state index in [1.54, 1.807) is 0 Å². The van der Waals surface area contributed by atoms with Crippen molar-refractivity contribution in [1.82, 2.24) is 9.55 Å². The maximum absolute atomic E-state index is 5.15. The number of aryl methyl sites for hydroxylation is 3. The van der Waals surface area contributed by atoms with Gasteiger partial charge in [0.05, 0.1) is 22.3 Å². The van der Waals surface area contributed by atoms with Crippen molar-refractivity contribution in [3.63, 3.8) is 0 Å². The number of nitrogens with zero attached hydrogens (tertiary/aromatic N) is 3. The van der Waals surface area contributed by atoms with E-state index in [-0.39, 0.29) is 5.54 Å². The molecule has 0 bridgehead atoms. The molecule has 0 amide bonds. The molecule has 1 aromatic heterocycles. The van der Waals surface area contributed by atoms with Crippen molar-refractivity contribution >= 4 is 22.4 Å². The number of aliphatic imine (C=N–C) groups is 1. The molecule has 236 valence electrons. The van der Waals surface area contributed by atoms with Gasteiger partial charge in [0.25, 0.3) is 0 Å². The first-order chi connectivity index (χ1) is 23.2. The first-order valence-electron chi connectivity index (χ1n) is 16.7. The highest BCUT2D eigenvalue weighted by Crippen LogP contribution is 2.38. The molecule has 7 aromatic rings. The Bertz CT molecular complexity index is 2300. The maximum atomic E-state index is 5.15. The second kappa shape index (κ2) is 12.6. The summed E-state index contributed by atoms with van der Waals surface area (Å²) in [4.78, 5) is 10.2. The summed E-state index contributed by atoms with van der Waals surface area (Å²) in [7, 11) is 0. The quantitative estimate of drug-likeness (QED) is 0.162. The van der Waals surface area contributed by atoms with E-state index in [4.69, 9.17) is 9.98 Å². The molecule has 0 aliphatic carbocycles. The van der Waals surface area contributed by atoms with Gasteiger partial charge >= 0.3 is 0 Å². The van der Waals surface area contributed by atoms with Gasteiger partial charge in [-0.15, -0.1) is 0 Å². The zero-order valence-corrected chi connectivity index (χ0v) is 28.6. The van der Waals surface area contributed by atoms with Crippen LogP contribution >= 0.6 is 0 Å². The van der Waals surface area contributed by atoms with Crippen molar-refractivity contribution in [3.8, 4) is 33.6 Å². The van der Waals surface area contributed by atoms with Crippen molar-refractivity contribution in [3.05, 3.63) is 167 Å². The minimum absolute atomic E-state index is 0.350. The van der Waals surface area contributed by atoms with E-state index in [9.17, 15) is 0 Å². The minimum Gasteiger partial charge on any atom is -0.314 e. The molecule has 6 aromatic carbocycles. The highest BCUT2D eigenvalue weighted by atomic mass is 15.1. The molecule has 0 saturated heterocycles. The van der Waals surface area contributed by atoms with Crippen molar-refractivity contribution < 1.29 is 0 Å². The molecule has 3 heteroatoms. The largest absolute Gasteiger partial charge is 0.314 e. The Labute approximate surface area is 284 Å². The van der Waals surface area contributed by atoms with Crippen LogP contribution in [0.25, 0.3) is 44.7 Å². The summed E-state index contributed by atoms with van der Waals surface area (Å²) in [5, 5.41) is 0. The van der Waals surface area contributed by atoms with Crippen LogP contribution in [0.2, 0.25) is 0 Å². The summed E-state index contributed by atoms with van der Waals surface area (Å²) in [6, 6.07) is 49.8. The average molecular weight is 624 g/mol. The Kier molecular flexibility index (Phi) is 8.14. The summed E-state index contributed by atoms with van der Waals surface area (Å²) < 4.78 is 2.40. The molecule has 1 heterocycles. The summed E-state index contributed by atoms with van der Waals surface area (Å²) in [5.41, 5.74) is 15.8. The number of aromatic nitrogens is 2. The lowest BCUT2D eigenvalue weighted by Gasteiger charge is -2.31. The molecule has 7 rings (SSSR count). The molecule has 0 unspecified atom stereocenters. The highest BCUT2D eigenvalue weighted by molar-refractivity contribution is 6.06. The molecule has 0 atom stereocenters. The Balaban J connectivity index is 1.26. The summed E-state index contributed by atoms with van der Waals surface area (Å²) in [6.07, 6.45) is 0. The van der Waals surface area contributed by atoms with Gasteiger partial charge in [-0.3, -0.25) is 4.99 Å². The number of para-hydroxylation sites is 3. The van der Waals surface area contributed by atoms with Gasteiger partial charge in [0.2, 0.25) is 0 Å². The van der Waals surface area contributed by atoms with Crippen LogP contribution in [0, 0.1) is 20.8 Å². The van der Waals surface area contributed by atoms with Crippen LogP contribution in [0.3, 0.4) is 0 Å². The zero-order chi connectivity index (χ0) is 33.4. The minimum atomic E-state index is -0.350. The SMILES string of the molecule is CC(=Nc1ccccc1C)c1ccccc1-c1cc(-c2ccc(C(C)(C)n3c(-c4ccccc4C)nc4ccccc43)cc2)ccc1C. The van der Waals surface area contributed by atoms with E-state index in [1.807, 2.05) is 6.07 Å². The van der Waals surface area contributed by atoms with Crippen molar-refractivity contribution in [2.45, 2.75) is 47.1 Å². The molecule has 0 saturated carbocycles. The van der Waals surface area contributed by atoms with Crippen LogP contribution < -0.4 is 0 Å². The third-order valence-corrected chi connectivity index (χ3v) is 9.68. The van der Waals surface area contributed by atoms with Crippen LogP contribution in [-0.4, -0.2) is 15.3 Å². The smallest absolute Gasteiger partial charge is 0.142 e. The lowest BCUT2D eigenvalue weighted by Crippen LogP contribution is -2.28. The lowest BCUT2D eigenvalue weighted by molar-refractivity contribution is 0.453. The molecule has 48 heavy (non-hydrogen) atoms. The number of hydrogen-bond donors (Lipinski definition) is 0. The van der Waals surface area contributed by atoms with Crippen molar-refractivity contribution in [2.75, 3.05) is 0 Å². The fraction of sp³-hybridized carbons (Fsp3) is 0.156. The van der Waals surface area contributed by atoms with E-state index in [0.717, 1.165) is 39.4 Å². The van der Waals surface area contributed by atoms with Gasteiger partial charge < -0.3 is 4.57 Å². The Morgan fingerprint density at radius 2 is 1.19 bits per heavy atom. The van der Waals surface area contributed by atoms with E-state index in [2.05, 4.69) is 180 Å². The highest BCUT2D eigenvalue weighted by Gasteiger charge is 2.29. The standard InChI is InChI=1S/C45H41N3/c1-30-15-7-9-17-37(30)44-47-42-21-13-14-22-43(42)48(44)45(5,6)36-27-25-34(26-28-36)35-24-23-31(2)40(29-35)39-19-11-10-18-38(39)33(4)46-41-20-12-8-16-32(41)3/h7-29H,1-6H3. The predicted octanol–water partition coefficient (Wildman–Crippen LogP) is 11.9. The van der Waals surface area contributed by atoms with Gasteiger partial charge in [0, 0.05) is 16.8 Å². The van der Waals surface area contributed by atoms with Gasteiger partial charge in [-0.25, -0.2) is 4.98 Å². The second-order valence-electron chi connectivity index (χ2n) is 13.3. The predicted molar refractivity (Wildman–Crippen MR) is 203 cm³/mol. The Morgan fingerprint density at radius 1 is 0.583 bits per heavy atom. The topological polar surface area (TPSA) is 30.2 Å². The van der Waals surface area contributed by atoms with Gasteiger partial charge in [-0.1, -0.05) is 115 Å². The average Bonchev–Trinajstić information content (AvgIpc) is 3.50. The zero-order valence-electron chi connectivity index (χ0n) is 28.6. The summed E-state index contributed by atoms with van der Waals surface area (Å²) >= 11 is 0. The first kappa shape index (κ1) is 31.1. The van der Waals surface area contributed by atoms with Crippen molar-refractivity contribution in [2.24, 2.45) is 4.99 Å². The third kappa shape index (κ3) is 5.66. The van der Waals surface area contributed by atoms with Crippen LogP contribution in [0.5, 0.6) is 0 Å². The Hall–Kier alpha value is -5.54. The fourth-order valence-electron chi connectivity index (χ4n) is 6.85. The molecule has 0 N–H and O–H groups in total. The molecule has 3 nitrogen and oxygen atoms in total. The van der Waals surface area contributed by atoms with Crippen LogP contribution in [-0.2, 0) is 5.54 Å². The molecule has 0 fully saturated rings. The number of hydrogen-bond acceptors (Lipinski definition) is 2. The van der Waals surface area contributed by atoms with E-state index in [0.29, 0.717) is 0 Å². The van der Waals surface area contributed by atoms with E-state index in [1.165, 1.54) is 44.5 Å². The van der Waals surface area contributed by atoms with Gasteiger partial charge in [-0.05, 0) is 110 Å². The Morgan fingerprint density at radius 3 is 1.94 bits per heavy atom. The normalized spacial score (nSPS) is 12.1. The molecule has 0 spiro atoms. The number of rotatable bonds is 7. The summed E-state index contributed by atoms with van der Waals surface area (Å²) in [5.74, 6) is 0.992. The number of benzene rings is 6. The molecular weight excluding hydrogens is 583 g/mol. The monoisotopic (exact) mass is 623 g/mol. The lowest BCUT2D eigenvalue weighted by atomic mass is 9.89. The number of fused-ring (bicyclic) bond motifs is 1. The van der Waals surface area contributed by atoms with Crippen LogP contribution in [0.15, 0.2) is 145 Å². The van der Waals surface area contributed by atoms with Crippen molar-refractivity contribution in [1.29, 1.82) is 0 Å². The van der Waals surface area contributed by atoms with Gasteiger partial charge in [-0.2, -0.15) is 0 Å². The van der Waals surface area contributed by atoms with E-state index >= 15 is 0 Å². The molecule has 0 aliphatic heterocycles. The third-order valence-electron chi connectivity index (χ3n) is 9.68. The van der Waals surface area contributed by atoms with Gasteiger partial charge in [0.1, 0.15) is 5.82 Å². The molecule has 0 aliphatic rings. The van der Waals surface area contributed by atoms with Crippen LogP contribution in [0.1, 0.15) is 48.6 Å². The molecule has 0 radical (unpaired) electrons. The maximum Gasteiger partial charge on any atom is 0.142 e. The van der Waals surface area contributed by atoms with Gasteiger partial charge in [0.15, 0.2) is 0 Å². The summed E-state index contributed by atoms with van der Waals surface area (Å²) in [6.45, 7) is 13.2.